The van der Waals surface area contributed by atoms with Gasteiger partial charge in [0.05, 0.1) is 40.3 Å². The van der Waals surface area contributed by atoms with Crippen molar-refractivity contribution in [2.24, 2.45) is 0 Å². The van der Waals surface area contributed by atoms with E-state index in [-0.39, 0.29) is 11.9 Å². The van der Waals surface area contributed by atoms with Gasteiger partial charge in [-0.05, 0) is 24.3 Å². The third-order valence-corrected chi connectivity index (χ3v) is 7.49. The summed E-state index contributed by atoms with van der Waals surface area (Å²) in [5.74, 6) is -0.544. The number of nitrogens with one attached hydrogen (secondary N) is 1. The number of carbonyl (C=O) groups is 1. The maximum atomic E-state index is 13.6. The second kappa shape index (κ2) is 7.57. The molecule has 158 valence electrons. The SMILES string of the molecule is O=C(c1cnc(-c2ccc(F)cn2)s1)N1CCc2[nH]cnc2[C@H]1c1nc2ccccc2s1. The van der Waals surface area contributed by atoms with Crippen LogP contribution >= 0.6 is 22.7 Å². The first-order valence-corrected chi connectivity index (χ1v) is 11.6. The Kier molecular flexibility index (Phi) is 4.54. The molecule has 32 heavy (non-hydrogen) atoms. The van der Waals surface area contributed by atoms with Crippen LogP contribution in [0.2, 0.25) is 0 Å². The number of aromatic amines is 1. The van der Waals surface area contributed by atoms with Crippen molar-refractivity contribution < 1.29 is 9.18 Å². The van der Waals surface area contributed by atoms with E-state index in [4.69, 9.17) is 4.98 Å². The van der Waals surface area contributed by atoms with Crippen LogP contribution < -0.4 is 0 Å². The number of H-pyrrole nitrogens is 1. The molecule has 0 bridgehead atoms. The molecule has 10 heteroatoms. The minimum atomic E-state index is -0.414. The lowest BCUT2D eigenvalue weighted by Crippen LogP contribution is -2.40. The normalized spacial score (nSPS) is 15.8. The van der Waals surface area contributed by atoms with E-state index in [2.05, 4.69) is 19.9 Å². The minimum Gasteiger partial charge on any atom is -0.348 e. The molecule has 5 heterocycles. The largest absolute Gasteiger partial charge is 0.348 e. The van der Waals surface area contributed by atoms with E-state index in [0.29, 0.717) is 28.5 Å². The lowest BCUT2D eigenvalue weighted by atomic mass is 10.0. The summed E-state index contributed by atoms with van der Waals surface area (Å²) in [5.41, 5.74) is 3.30. The molecule has 1 aromatic carbocycles. The average Bonchev–Trinajstić information content (AvgIpc) is 3.57. The second-order valence-electron chi connectivity index (χ2n) is 7.33. The van der Waals surface area contributed by atoms with Gasteiger partial charge in [0.15, 0.2) is 0 Å². The number of halogens is 1. The van der Waals surface area contributed by atoms with Gasteiger partial charge < -0.3 is 9.88 Å². The summed E-state index contributed by atoms with van der Waals surface area (Å²) < 4.78 is 14.3. The molecule has 4 aromatic heterocycles. The smallest absolute Gasteiger partial charge is 0.266 e. The number of amides is 1. The first-order valence-electron chi connectivity index (χ1n) is 9.94. The van der Waals surface area contributed by atoms with Crippen molar-refractivity contribution in [2.75, 3.05) is 6.54 Å². The fourth-order valence-corrected chi connectivity index (χ4v) is 5.82. The Morgan fingerprint density at radius 1 is 1.09 bits per heavy atom. The van der Waals surface area contributed by atoms with Crippen molar-refractivity contribution in [3.8, 4) is 10.7 Å². The van der Waals surface area contributed by atoms with Gasteiger partial charge in [0, 0.05) is 18.7 Å². The number of benzene rings is 1. The van der Waals surface area contributed by atoms with Gasteiger partial charge in [-0.25, -0.2) is 19.3 Å². The number of imidazole rings is 1. The molecule has 7 nitrogen and oxygen atoms in total. The third kappa shape index (κ3) is 3.19. The number of para-hydroxylation sites is 1. The van der Waals surface area contributed by atoms with Crippen LogP contribution in [-0.4, -0.2) is 42.3 Å². The minimum absolute atomic E-state index is 0.131. The van der Waals surface area contributed by atoms with Gasteiger partial charge in [0.2, 0.25) is 0 Å². The molecular weight excluding hydrogens is 447 g/mol. The number of thiazole rings is 2. The summed E-state index contributed by atoms with van der Waals surface area (Å²) in [7, 11) is 0. The monoisotopic (exact) mass is 462 g/mol. The molecule has 5 aromatic rings. The quantitative estimate of drug-likeness (QED) is 0.428. The number of hydrogen-bond donors (Lipinski definition) is 1. The summed E-state index contributed by atoms with van der Waals surface area (Å²) in [6.07, 6.45) is 5.06. The van der Waals surface area contributed by atoms with E-state index in [1.54, 1.807) is 29.9 Å². The molecule has 1 aliphatic rings. The maximum absolute atomic E-state index is 13.6. The first-order chi connectivity index (χ1) is 15.7. The Morgan fingerprint density at radius 3 is 2.84 bits per heavy atom. The molecule has 1 N–H and O–H groups in total. The number of pyridine rings is 1. The summed E-state index contributed by atoms with van der Waals surface area (Å²) in [4.78, 5) is 36.9. The Balaban J connectivity index is 1.38. The van der Waals surface area contributed by atoms with E-state index in [1.807, 2.05) is 29.2 Å². The maximum Gasteiger partial charge on any atom is 0.266 e. The van der Waals surface area contributed by atoms with Crippen molar-refractivity contribution in [1.82, 2.24) is 29.8 Å². The molecule has 1 atom stereocenters. The van der Waals surface area contributed by atoms with Crippen LogP contribution in [0.5, 0.6) is 0 Å². The molecule has 0 unspecified atom stereocenters. The Morgan fingerprint density at radius 2 is 2.00 bits per heavy atom. The number of hydrogen-bond acceptors (Lipinski definition) is 7. The number of carbonyl (C=O) groups excluding carboxylic acids is 1. The summed E-state index contributed by atoms with van der Waals surface area (Å²) in [6, 6.07) is 10.5. The van der Waals surface area contributed by atoms with Crippen LogP contribution in [0, 0.1) is 5.82 Å². The molecule has 0 saturated heterocycles. The fraction of sp³-hybridized carbons (Fsp3) is 0.136. The predicted octanol–water partition coefficient (Wildman–Crippen LogP) is 4.46. The van der Waals surface area contributed by atoms with Crippen molar-refractivity contribution in [3.63, 3.8) is 0 Å². The van der Waals surface area contributed by atoms with Crippen LogP contribution in [0.25, 0.3) is 20.9 Å². The van der Waals surface area contributed by atoms with E-state index >= 15 is 0 Å². The average molecular weight is 463 g/mol. The number of fused-ring (bicyclic) bond motifs is 2. The van der Waals surface area contributed by atoms with Gasteiger partial charge >= 0.3 is 0 Å². The van der Waals surface area contributed by atoms with Crippen LogP contribution in [-0.2, 0) is 6.42 Å². The van der Waals surface area contributed by atoms with Crippen molar-refractivity contribution >= 4 is 38.8 Å². The lowest BCUT2D eigenvalue weighted by Gasteiger charge is -2.33. The highest BCUT2D eigenvalue weighted by Crippen LogP contribution is 2.38. The molecule has 1 amide bonds. The van der Waals surface area contributed by atoms with Gasteiger partial charge in [0.1, 0.15) is 26.8 Å². The van der Waals surface area contributed by atoms with Crippen molar-refractivity contribution in [2.45, 2.75) is 12.5 Å². The van der Waals surface area contributed by atoms with Crippen molar-refractivity contribution in [1.29, 1.82) is 0 Å². The zero-order valence-corrected chi connectivity index (χ0v) is 18.2. The molecule has 0 spiro atoms. The number of nitrogens with zero attached hydrogens (tertiary/aromatic N) is 5. The standard InChI is InChI=1S/C22H15FN6OS2/c23-12-5-6-15(24-9-12)20-25-10-17(32-20)22(30)29-8-7-14-18(27-11-26-14)19(29)21-28-13-3-1-2-4-16(13)31-21/h1-6,9-11,19H,7-8H2,(H,26,27)/t19-/m0/s1. The topological polar surface area (TPSA) is 87.7 Å². The third-order valence-electron chi connectivity index (χ3n) is 5.39. The van der Waals surface area contributed by atoms with Gasteiger partial charge in [-0.2, -0.15) is 0 Å². The molecule has 0 radical (unpaired) electrons. The molecule has 6 rings (SSSR count). The molecule has 0 fully saturated rings. The summed E-state index contributed by atoms with van der Waals surface area (Å²) in [6.45, 7) is 0.538. The highest BCUT2D eigenvalue weighted by atomic mass is 32.1. The van der Waals surface area contributed by atoms with E-state index < -0.39 is 5.82 Å². The Bertz CT molecular complexity index is 1410. The highest BCUT2D eigenvalue weighted by molar-refractivity contribution is 7.18. The molecule has 1 aliphatic heterocycles. The highest BCUT2D eigenvalue weighted by Gasteiger charge is 2.37. The molecule has 0 saturated carbocycles. The Labute approximate surface area is 189 Å². The van der Waals surface area contributed by atoms with Crippen LogP contribution in [0.15, 0.2) is 55.1 Å². The second-order valence-corrected chi connectivity index (χ2v) is 9.42. The zero-order valence-electron chi connectivity index (χ0n) is 16.5. The molecule has 0 aliphatic carbocycles. The van der Waals surface area contributed by atoms with Gasteiger partial charge in [-0.1, -0.05) is 12.1 Å². The zero-order chi connectivity index (χ0) is 21.7. The van der Waals surface area contributed by atoms with Crippen LogP contribution in [0.4, 0.5) is 4.39 Å². The predicted molar refractivity (Wildman–Crippen MR) is 120 cm³/mol. The van der Waals surface area contributed by atoms with Crippen molar-refractivity contribution in [3.05, 3.63) is 82.2 Å². The fourth-order valence-electron chi connectivity index (χ4n) is 3.89. The van der Waals surface area contributed by atoms with Crippen LogP contribution in [0.1, 0.15) is 32.1 Å². The van der Waals surface area contributed by atoms with E-state index in [9.17, 15) is 9.18 Å². The van der Waals surface area contributed by atoms with Gasteiger partial charge in [-0.15, -0.1) is 22.7 Å². The number of rotatable bonds is 3. The first kappa shape index (κ1) is 19.2. The van der Waals surface area contributed by atoms with E-state index in [0.717, 1.165) is 32.8 Å². The Hall–Kier alpha value is -3.50. The summed E-state index contributed by atoms with van der Waals surface area (Å²) in [5, 5.41) is 1.40. The van der Waals surface area contributed by atoms with Gasteiger partial charge in [-0.3, -0.25) is 9.78 Å². The summed E-state index contributed by atoms with van der Waals surface area (Å²) >= 11 is 2.82. The lowest BCUT2D eigenvalue weighted by molar-refractivity contribution is 0.0695. The molecular formula is C22H15FN6OS2. The number of aromatic nitrogens is 5. The van der Waals surface area contributed by atoms with Crippen LogP contribution in [0.3, 0.4) is 0 Å². The van der Waals surface area contributed by atoms with Gasteiger partial charge in [0.25, 0.3) is 5.91 Å². The van der Waals surface area contributed by atoms with E-state index in [1.165, 1.54) is 17.4 Å².